The first kappa shape index (κ1) is 10.4. The molecular formula is C8H9Cl2NO2. The zero-order chi connectivity index (χ0) is 9.84. The number of rotatable bonds is 3. The average Bonchev–Trinajstić information content (AvgIpc) is 2.02. The van der Waals surface area contributed by atoms with Gasteiger partial charge in [0.15, 0.2) is 5.75 Å². The zero-order valence-corrected chi connectivity index (χ0v) is 8.27. The summed E-state index contributed by atoms with van der Waals surface area (Å²) in [7, 11) is 0. The van der Waals surface area contributed by atoms with E-state index in [1.54, 1.807) is 6.07 Å². The summed E-state index contributed by atoms with van der Waals surface area (Å²) in [4.78, 5) is 0. The SMILES string of the molecule is Nc1cc(Cl)cc(Cl)c1OCCO. The molecule has 0 radical (unpaired) electrons. The van der Waals surface area contributed by atoms with Gasteiger partial charge in [-0.1, -0.05) is 23.2 Å². The van der Waals surface area contributed by atoms with Crippen LogP contribution in [0.2, 0.25) is 10.0 Å². The van der Waals surface area contributed by atoms with Gasteiger partial charge in [0.05, 0.1) is 17.3 Å². The smallest absolute Gasteiger partial charge is 0.160 e. The Morgan fingerprint density at radius 1 is 1.38 bits per heavy atom. The van der Waals surface area contributed by atoms with Gasteiger partial charge in [-0.25, -0.2) is 0 Å². The first-order valence-corrected chi connectivity index (χ1v) is 4.39. The van der Waals surface area contributed by atoms with E-state index in [9.17, 15) is 0 Å². The minimum atomic E-state index is -0.0849. The van der Waals surface area contributed by atoms with E-state index in [1.165, 1.54) is 6.07 Å². The summed E-state index contributed by atoms with van der Waals surface area (Å²) in [6.45, 7) is 0.0734. The first-order valence-electron chi connectivity index (χ1n) is 3.63. The number of nitrogen functional groups attached to an aromatic ring is 1. The third-order valence-electron chi connectivity index (χ3n) is 1.37. The maximum Gasteiger partial charge on any atom is 0.160 e. The third kappa shape index (κ3) is 2.66. The van der Waals surface area contributed by atoms with Crippen LogP contribution in [0.25, 0.3) is 0 Å². The maximum atomic E-state index is 8.53. The van der Waals surface area contributed by atoms with Crippen molar-refractivity contribution in [1.29, 1.82) is 0 Å². The van der Waals surface area contributed by atoms with E-state index in [0.717, 1.165) is 0 Å². The van der Waals surface area contributed by atoms with Gasteiger partial charge in [0.25, 0.3) is 0 Å². The van der Waals surface area contributed by atoms with E-state index < -0.39 is 0 Å². The highest BCUT2D eigenvalue weighted by molar-refractivity contribution is 6.36. The Kier molecular flexibility index (Phi) is 3.66. The number of hydrogen-bond acceptors (Lipinski definition) is 3. The number of halogens is 2. The molecule has 72 valence electrons. The van der Waals surface area contributed by atoms with E-state index in [2.05, 4.69) is 0 Å². The fourth-order valence-corrected chi connectivity index (χ4v) is 1.44. The molecule has 0 aliphatic rings. The van der Waals surface area contributed by atoms with Crippen LogP contribution in [0.1, 0.15) is 0 Å². The summed E-state index contributed by atoms with van der Waals surface area (Å²) in [5.74, 6) is 0.361. The average molecular weight is 222 g/mol. The van der Waals surface area contributed by atoms with Gasteiger partial charge in [0.1, 0.15) is 6.61 Å². The molecule has 1 rings (SSSR count). The van der Waals surface area contributed by atoms with E-state index >= 15 is 0 Å². The van der Waals surface area contributed by atoms with Crippen LogP contribution in [-0.2, 0) is 0 Å². The molecule has 0 saturated heterocycles. The molecule has 3 nitrogen and oxygen atoms in total. The van der Waals surface area contributed by atoms with Gasteiger partial charge in [-0.15, -0.1) is 0 Å². The molecule has 13 heavy (non-hydrogen) atoms. The highest BCUT2D eigenvalue weighted by Gasteiger charge is 2.07. The summed E-state index contributed by atoms with van der Waals surface area (Å²) in [5.41, 5.74) is 5.95. The zero-order valence-electron chi connectivity index (χ0n) is 6.76. The second-order valence-corrected chi connectivity index (χ2v) is 3.22. The molecule has 5 heteroatoms. The number of ether oxygens (including phenoxy) is 1. The van der Waals surface area contributed by atoms with E-state index in [0.29, 0.717) is 21.5 Å². The predicted molar refractivity (Wildman–Crippen MR) is 53.5 cm³/mol. The molecule has 0 atom stereocenters. The number of aliphatic hydroxyl groups is 1. The molecule has 0 saturated carbocycles. The van der Waals surface area contributed by atoms with Crippen LogP contribution in [0.15, 0.2) is 12.1 Å². The Bertz CT molecular complexity index is 281. The lowest BCUT2D eigenvalue weighted by Gasteiger charge is -2.09. The molecule has 0 fully saturated rings. The Morgan fingerprint density at radius 2 is 2.08 bits per heavy atom. The van der Waals surface area contributed by atoms with Crippen LogP contribution in [0.3, 0.4) is 0 Å². The second-order valence-electron chi connectivity index (χ2n) is 2.38. The minimum absolute atomic E-state index is 0.0849. The molecular weight excluding hydrogens is 213 g/mol. The second kappa shape index (κ2) is 4.56. The monoisotopic (exact) mass is 221 g/mol. The molecule has 0 spiro atoms. The number of benzene rings is 1. The molecule has 0 heterocycles. The van der Waals surface area contributed by atoms with Crippen molar-refractivity contribution in [3.05, 3.63) is 22.2 Å². The van der Waals surface area contributed by atoms with E-state index in [1.807, 2.05) is 0 Å². The topological polar surface area (TPSA) is 55.5 Å². The lowest BCUT2D eigenvalue weighted by Crippen LogP contribution is -2.04. The van der Waals surface area contributed by atoms with Gasteiger partial charge in [0, 0.05) is 5.02 Å². The molecule has 0 aromatic heterocycles. The molecule has 0 unspecified atom stereocenters. The van der Waals surface area contributed by atoms with Crippen molar-refractivity contribution in [2.45, 2.75) is 0 Å². The van der Waals surface area contributed by atoms with Crippen LogP contribution >= 0.6 is 23.2 Å². The molecule has 0 bridgehead atoms. The normalized spacial score (nSPS) is 10.1. The van der Waals surface area contributed by atoms with Gasteiger partial charge >= 0.3 is 0 Å². The number of aliphatic hydroxyl groups excluding tert-OH is 1. The number of anilines is 1. The Morgan fingerprint density at radius 3 is 2.62 bits per heavy atom. The molecule has 1 aromatic rings. The Hall–Kier alpha value is -0.640. The van der Waals surface area contributed by atoms with Crippen LogP contribution in [0.4, 0.5) is 5.69 Å². The number of hydrogen-bond donors (Lipinski definition) is 2. The standard InChI is InChI=1S/C8H9Cl2NO2/c9-5-3-6(10)8(7(11)4-5)13-2-1-12/h3-4,12H,1-2,11H2. The highest BCUT2D eigenvalue weighted by atomic mass is 35.5. The summed E-state index contributed by atoms with van der Waals surface area (Å²) >= 11 is 11.5. The summed E-state index contributed by atoms with van der Waals surface area (Å²) in [6, 6.07) is 3.08. The lowest BCUT2D eigenvalue weighted by molar-refractivity contribution is 0.202. The lowest BCUT2D eigenvalue weighted by atomic mass is 10.3. The van der Waals surface area contributed by atoms with Gasteiger partial charge in [0.2, 0.25) is 0 Å². The van der Waals surface area contributed by atoms with Crippen molar-refractivity contribution in [1.82, 2.24) is 0 Å². The van der Waals surface area contributed by atoms with Crippen LogP contribution < -0.4 is 10.5 Å². The molecule has 3 N–H and O–H groups in total. The van der Waals surface area contributed by atoms with Gasteiger partial charge in [-0.05, 0) is 12.1 Å². The van der Waals surface area contributed by atoms with Crippen molar-refractivity contribution in [2.75, 3.05) is 18.9 Å². The molecule has 1 aromatic carbocycles. The van der Waals surface area contributed by atoms with Crippen LogP contribution in [0, 0.1) is 0 Å². The summed E-state index contributed by atoms with van der Waals surface area (Å²) < 4.78 is 5.11. The van der Waals surface area contributed by atoms with Crippen LogP contribution in [-0.4, -0.2) is 18.3 Å². The number of nitrogens with two attached hydrogens (primary N) is 1. The molecule has 0 amide bonds. The maximum absolute atomic E-state index is 8.53. The highest BCUT2D eigenvalue weighted by Crippen LogP contribution is 2.34. The predicted octanol–water partition coefficient (Wildman–Crippen LogP) is 1.95. The fourth-order valence-electron chi connectivity index (χ4n) is 0.880. The van der Waals surface area contributed by atoms with Crippen molar-refractivity contribution in [2.24, 2.45) is 0 Å². The van der Waals surface area contributed by atoms with E-state index in [-0.39, 0.29) is 13.2 Å². The minimum Gasteiger partial charge on any atom is -0.487 e. The fraction of sp³-hybridized carbons (Fsp3) is 0.250. The first-order chi connectivity index (χ1) is 6.15. The van der Waals surface area contributed by atoms with Gasteiger partial charge < -0.3 is 15.6 Å². The quantitative estimate of drug-likeness (QED) is 0.768. The van der Waals surface area contributed by atoms with Crippen molar-refractivity contribution in [3.63, 3.8) is 0 Å². The third-order valence-corrected chi connectivity index (χ3v) is 1.87. The van der Waals surface area contributed by atoms with Crippen LogP contribution in [0.5, 0.6) is 5.75 Å². The summed E-state index contributed by atoms with van der Waals surface area (Å²) in [5, 5.41) is 9.33. The Balaban J connectivity index is 2.92. The molecule has 0 aliphatic carbocycles. The summed E-state index contributed by atoms with van der Waals surface area (Å²) in [6.07, 6.45) is 0. The van der Waals surface area contributed by atoms with Crippen molar-refractivity contribution >= 4 is 28.9 Å². The largest absolute Gasteiger partial charge is 0.487 e. The van der Waals surface area contributed by atoms with Crippen molar-refractivity contribution < 1.29 is 9.84 Å². The van der Waals surface area contributed by atoms with Gasteiger partial charge in [-0.2, -0.15) is 0 Å². The van der Waals surface area contributed by atoms with Crippen molar-refractivity contribution in [3.8, 4) is 5.75 Å². The molecule has 0 aliphatic heterocycles. The van der Waals surface area contributed by atoms with E-state index in [4.69, 9.17) is 38.8 Å². The van der Waals surface area contributed by atoms with Gasteiger partial charge in [-0.3, -0.25) is 0 Å². The Labute approximate surface area is 86.0 Å².